The third-order valence-electron chi connectivity index (χ3n) is 5.52. The summed E-state index contributed by atoms with van der Waals surface area (Å²) in [5.41, 5.74) is 3.78. The molecule has 2 aromatic rings. The largest absolute Gasteiger partial charge is 0.497 e. The molecule has 1 aliphatic heterocycles. The van der Waals surface area contributed by atoms with E-state index < -0.39 is 0 Å². The Morgan fingerprint density at radius 1 is 0.935 bits per heavy atom. The van der Waals surface area contributed by atoms with Crippen molar-refractivity contribution >= 4 is 29.9 Å². The summed E-state index contributed by atoms with van der Waals surface area (Å²) in [7, 11) is 5.69. The zero-order chi connectivity index (χ0) is 21.2. The predicted octanol–water partition coefficient (Wildman–Crippen LogP) is 3.32. The fraction of sp³-hybridized carbons (Fsp3) is 0.458. The summed E-state index contributed by atoms with van der Waals surface area (Å²) in [6.07, 6.45) is 1.25. The molecular weight excluding hydrogens is 501 g/mol. The maximum absolute atomic E-state index is 5.28. The Balaban J connectivity index is 0.00000341. The number of hydrogen-bond donors (Lipinski definition) is 2. The number of ether oxygens (including phenoxy) is 1. The van der Waals surface area contributed by atoms with Crippen LogP contribution in [0.2, 0.25) is 0 Å². The zero-order valence-electron chi connectivity index (χ0n) is 18.9. The van der Waals surface area contributed by atoms with E-state index >= 15 is 0 Å². The van der Waals surface area contributed by atoms with Crippen LogP contribution >= 0.6 is 24.0 Å². The van der Waals surface area contributed by atoms with E-state index in [-0.39, 0.29) is 24.0 Å². The molecule has 1 aliphatic rings. The summed E-state index contributed by atoms with van der Waals surface area (Å²) in [5, 5.41) is 6.75. The molecule has 6 nitrogen and oxygen atoms in total. The van der Waals surface area contributed by atoms with Crippen molar-refractivity contribution in [3.8, 4) is 5.75 Å². The van der Waals surface area contributed by atoms with Crippen molar-refractivity contribution in [2.24, 2.45) is 4.99 Å². The van der Waals surface area contributed by atoms with E-state index in [9.17, 15) is 0 Å². The zero-order valence-corrected chi connectivity index (χ0v) is 21.3. The van der Waals surface area contributed by atoms with E-state index in [0.717, 1.165) is 43.5 Å². The lowest BCUT2D eigenvalue weighted by Crippen LogP contribution is -2.36. The van der Waals surface area contributed by atoms with Gasteiger partial charge in [-0.05, 0) is 55.4 Å². The minimum Gasteiger partial charge on any atom is -0.497 e. The monoisotopic (exact) mass is 537 g/mol. The number of likely N-dealkylation sites (N-methyl/N-ethyl adjacent to an activating group) is 1. The summed E-state index contributed by atoms with van der Waals surface area (Å²) >= 11 is 0. The fourth-order valence-corrected chi connectivity index (χ4v) is 3.65. The van der Waals surface area contributed by atoms with E-state index in [2.05, 4.69) is 62.8 Å². The predicted molar refractivity (Wildman–Crippen MR) is 139 cm³/mol. The number of methoxy groups -OCH3 is 1. The molecule has 1 heterocycles. The summed E-state index contributed by atoms with van der Waals surface area (Å²) < 4.78 is 5.28. The summed E-state index contributed by atoms with van der Waals surface area (Å²) in [4.78, 5) is 9.30. The summed E-state index contributed by atoms with van der Waals surface area (Å²) in [6, 6.07) is 17.0. The summed E-state index contributed by atoms with van der Waals surface area (Å²) in [6.45, 7) is 7.16. The van der Waals surface area contributed by atoms with Crippen LogP contribution in [0.1, 0.15) is 23.1 Å². The lowest BCUT2D eigenvalue weighted by Gasteiger charge is -2.20. The first-order valence-corrected chi connectivity index (χ1v) is 10.7. The average Bonchev–Trinajstić information content (AvgIpc) is 2.99. The molecule has 31 heavy (non-hydrogen) atoms. The van der Waals surface area contributed by atoms with E-state index in [1.807, 2.05) is 18.2 Å². The number of hydrogen-bond acceptors (Lipinski definition) is 4. The van der Waals surface area contributed by atoms with Gasteiger partial charge in [-0.25, -0.2) is 0 Å². The molecule has 2 N–H and O–H groups in total. The fourth-order valence-electron chi connectivity index (χ4n) is 3.65. The van der Waals surface area contributed by atoms with Crippen molar-refractivity contribution in [2.75, 3.05) is 47.4 Å². The second kappa shape index (κ2) is 13.5. The first-order chi connectivity index (χ1) is 14.7. The highest BCUT2D eigenvalue weighted by Gasteiger charge is 2.12. The third kappa shape index (κ3) is 8.66. The Morgan fingerprint density at radius 2 is 1.65 bits per heavy atom. The van der Waals surface area contributed by atoms with Gasteiger partial charge in [-0.2, -0.15) is 0 Å². The van der Waals surface area contributed by atoms with E-state index in [1.165, 1.54) is 30.6 Å². The highest BCUT2D eigenvalue weighted by Crippen LogP contribution is 2.12. The molecular formula is C24H36IN5O. The second-order valence-electron chi connectivity index (χ2n) is 7.88. The van der Waals surface area contributed by atoms with Crippen LogP contribution in [0, 0.1) is 0 Å². The minimum atomic E-state index is 0. The van der Waals surface area contributed by atoms with E-state index in [0.29, 0.717) is 6.54 Å². The highest BCUT2D eigenvalue weighted by atomic mass is 127. The third-order valence-corrected chi connectivity index (χ3v) is 5.52. The van der Waals surface area contributed by atoms with Gasteiger partial charge in [0, 0.05) is 39.8 Å². The number of rotatable bonds is 7. The molecule has 1 saturated heterocycles. The minimum absolute atomic E-state index is 0. The molecule has 0 atom stereocenters. The molecule has 0 unspecified atom stereocenters. The van der Waals surface area contributed by atoms with Gasteiger partial charge in [-0.1, -0.05) is 36.4 Å². The van der Waals surface area contributed by atoms with E-state index in [1.54, 1.807) is 14.2 Å². The van der Waals surface area contributed by atoms with Crippen LogP contribution in [0.4, 0.5) is 0 Å². The quantitative estimate of drug-likeness (QED) is 0.323. The van der Waals surface area contributed by atoms with Gasteiger partial charge >= 0.3 is 0 Å². The van der Waals surface area contributed by atoms with Crippen LogP contribution in [0.5, 0.6) is 5.75 Å². The Bertz CT molecular complexity index is 812. The Hall–Kier alpha value is -1.84. The van der Waals surface area contributed by atoms with Gasteiger partial charge in [0.1, 0.15) is 5.75 Å². The molecule has 170 valence electrons. The van der Waals surface area contributed by atoms with Crippen molar-refractivity contribution in [3.63, 3.8) is 0 Å². The molecule has 0 aromatic heterocycles. The molecule has 0 aliphatic carbocycles. The molecule has 2 aromatic carbocycles. The number of guanidine groups is 1. The molecule has 0 bridgehead atoms. The maximum Gasteiger partial charge on any atom is 0.191 e. The smallest absolute Gasteiger partial charge is 0.191 e. The van der Waals surface area contributed by atoms with Crippen molar-refractivity contribution in [1.29, 1.82) is 0 Å². The highest BCUT2D eigenvalue weighted by molar-refractivity contribution is 14.0. The lowest BCUT2D eigenvalue weighted by molar-refractivity contribution is 0.269. The standard InChI is InChI=1S/C24H35N5O.HI/c1-25-24(27-18-22-6-4-7-23(16-22)30-3)26-17-20-8-10-21(11-9-20)19-29-13-5-12-28(2)14-15-29;/h4,6-11,16H,5,12-15,17-19H2,1-3H3,(H2,25,26,27);1H. The van der Waals surface area contributed by atoms with E-state index in [4.69, 9.17) is 4.74 Å². The number of nitrogens with zero attached hydrogens (tertiary/aromatic N) is 3. The molecule has 0 radical (unpaired) electrons. The normalized spacial score (nSPS) is 15.6. The lowest BCUT2D eigenvalue weighted by atomic mass is 10.1. The van der Waals surface area contributed by atoms with Gasteiger partial charge in [0.05, 0.1) is 7.11 Å². The Morgan fingerprint density at radius 3 is 2.35 bits per heavy atom. The first-order valence-electron chi connectivity index (χ1n) is 10.7. The molecule has 0 spiro atoms. The number of nitrogens with one attached hydrogen (secondary N) is 2. The van der Waals surface area contributed by atoms with Gasteiger partial charge in [0.25, 0.3) is 0 Å². The van der Waals surface area contributed by atoms with Crippen LogP contribution in [0.15, 0.2) is 53.5 Å². The van der Waals surface area contributed by atoms with Gasteiger partial charge in [-0.15, -0.1) is 24.0 Å². The Labute approximate surface area is 204 Å². The van der Waals surface area contributed by atoms with Crippen molar-refractivity contribution < 1.29 is 4.74 Å². The number of halogens is 1. The number of benzene rings is 2. The number of aliphatic imine (C=N–C) groups is 1. The Kier molecular flexibility index (Phi) is 11.1. The maximum atomic E-state index is 5.28. The van der Waals surface area contributed by atoms with Crippen LogP contribution in [-0.2, 0) is 19.6 Å². The van der Waals surface area contributed by atoms with Gasteiger partial charge in [0.15, 0.2) is 5.96 Å². The molecule has 7 heteroatoms. The van der Waals surface area contributed by atoms with Crippen molar-refractivity contribution in [1.82, 2.24) is 20.4 Å². The average molecular weight is 537 g/mol. The molecule has 1 fully saturated rings. The first kappa shape index (κ1) is 25.4. The summed E-state index contributed by atoms with van der Waals surface area (Å²) in [5.74, 6) is 1.65. The van der Waals surface area contributed by atoms with Gasteiger partial charge in [0.2, 0.25) is 0 Å². The molecule has 0 amide bonds. The molecule has 3 rings (SSSR count). The van der Waals surface area contributed by atoms with Crippen LogP contribution in [0.25, 0.3) is 0 Å². The van der Waals surface area contributed by atoms with Gasteiger partial charge in [-0.3, -0.25) is 9.89 Å². The van der Waals surface area contributed by atoms with Crippen LogP contribution in [0.3, 0.4) is 0 Å². The van der Waals surface area contributed by atoms with Crippen molar-refractivity contribution in [3.05, 3.63) is 65.2 Å². The SMILES string of the molecule is CN=C(NCc1ccc(CN2CCCN(C)CC2)cc1)NCc1cccc(OC)c1.I. The molecule has 0 saturated carbocycles. The van der Waals surface area contributed by atoms with Crippen LogP contribution < -0.4 is 15.4 Å². The van der Waals surface area contributed by atoms with Crippen LogP contribution in [-0.4, -0.2) is 63.1 Å². The van der Waals surface area contributed by atoms with Gasteiger partial charge < -0.3 is 20.3 Å². The van der Waals surface area contributed by atoms with Crippen molar-refractivity contribution in [2.45, 2.75) is 26.1 Å². The second-order valence-corrected chi connectivity index (χ2v) is 7.88. The topological polar surface area (TPSA) is 52.1 Å².